The van der Waals surface area contributed by atoms with Gasteiger partial charge >= 0.3 is 0 Å². The van der Waals surface area contributed by atoms with Crippen molar-refractivity contribution in [2.24, 2.45) is 0 Å². The lowest BCUT2D eigenvalue weighted by Gasteiger charge is -2.07. The smallest absolute Gasteiger partial charge is 0.290 e. The van der Waals surface area contributed by atoms with Crippen LogP contribution in [-0.2, 0) is 18.0 Å². The van der Waals surface area contributed by atoms with Crippen molar-refractivity contribution < 1.29 is 21.7 Å². The van der Waals surface area contributed by atoms with E-state index in [0.29, 0.717) is 6.73 Å². The summed E-state index contributed by atoms with van der Waals surface area (Å²) in [5, 5.41) is 0. The van der Waals surface area contributed by atoms with Gasteiger partial charge in [-0.25, -0.2) is 9.13 Å². The third kappa shape index (κ3) is 12.6. The van der Waals surface area contributed by atoms with Crippen LogP contribution < -0.4 is 17.0 Å². The number of rotatable bonds is 20. The summed E-state index contributed by atoms with van der Waals surface area (Å²) in [7, 11) is 0. The molecule has 1 aromatic carbocycles. The van der Waals surface area contributed by atoms with Crippen LogP contribution in [0.2, 0.25) is 0 Å². The predicted octanol–water partition coefficient (Wildman–Crippen LogP) is 5.31. The first kappa shape index (κ1) is 29.7. The Morgan fingerprint density at radius 2 is 1.24 bits per heavy atom. The Balaban J connectivity index is 0.00000544. The molecular weight excluding hydrogens is 428 g/mol. The van der Waals surface area contributed by atoms with E-state index in [1.54, 1.807) is 0 Å². The Kier molecular flexibility index (Phi) is 18.1. The molecule has 0 N–H and O–H groups in total. The van der Waals surface area contributed by atoms with E-state index < -0.39 is 0 Å². The zero-order valence-corrected chi connectivity index (χ0v) is 22.2. The highest BCUT2D eigenvalue weighted by Gasteiger charge is 2.19. The maximum Gasteiger partial charge on any atom is 0.290 e. The second-order valence-corrected chi connectivity index (χ2v) is 9.28. The van der Waals surface area contributed by atoms with Crippen LogP contribution in [0.1, 0.15) is 110 Å². The van der Waals surface area contributed by atoms with Crippen molar-refractivity contribution in [3.63, 3.8) is 0 Å². The van der Waals surface area contributed by atoms with Crippen LogP contribution in [-0.4, -0.2) is 11.2 Å². The van der Waals surface area contributed by atoms with E-state index in [1.165, 1.54) is 108 Å². The topological polar surface area (TPSA) is 18.0 Å². The van der Waals surface area contributed by atoms with E-state index in [-0.39, 0.29) is 12.4 Å². The molecule has 0 atom stereocenters. The minimum absolute atomic E-state index is 0. The molecule has 1 aromatic heterocycles. The number of imidazole rings is 1. The maximum atomic E-state index is 6.03. The van der Waals surface area contributed by atoms with E-state index in [0.717, 1.165) is 13.2 Å². The zero-order chi connectivity index (χ0) is 22.7. The van der Waals surface area contributed by atoms with E-state index in [4.69, 9.17) is 4.74 Å². The molecule has 0 saturated heterocycles. The first-order valence-electron chi connectivity index (χ1n) is 13.6. The molecule has 0 radical (unpaired) electrons. The molecule has 4 heteroatoms. The van der Waals surface area contributed by atoms with Gasteiger partial charge in [-0.3, -0.25) is 0 Å². The van der Waals surface area contributed by atoms with Crippen molar-refractivity contribution in [2.75, 3.05) is 6.61 Å². The Hall–Kier alpha value is -1.32. The van der Waals surface area contributed by atoms with Gasteiger partial charge in [0.2, 0.25) is 0 Å². The third-order valence-electron chi connectivity index (χ3n) is 6.38. The molecule has 0 aliphatic heterocycles. The van der Waals surface area contributed by atoms with E-state index in [2.05, 4.69) is 65.7 Å². The minimum atomic E-state index is 0. The van der Waals surface area contributed by atoms with Gasteiger partial charge in [0.25, 0.3) is 5.82 Å². The van der Waals surface area contributed by atoms with Crippen molar-refractivity contribution in [3.05, 3.63) is 42.7 Å². The molecule has 2 aromatic rings. The highest BCUT2D eigenvalue weighted by Crippen LogP contribution is 2.17. The van der Waals surface area contributed by atoms with Gasteiger partial charge in [0.05, 0.1) is 18.7 Å². The monoisotopic (exact) mass is 476 g/mol. The number of halogens is 1. The molecule has 0 saturated carbocycles. The summed E-state index contributed by atoms with van der Waals surface area (Å²) in [5.74, 6) is 1.27. The van der Waals surface area contributed by atoms with Crippen LogP contribution >= 0.6 is 0 Å². The highest BCUT2D eigenvalue weighted by atomic mass is 35.5. The van der Waals surface area contributed by atoms with Gasteiger partial charge in [-0.2, -0.15) is 0 Å². The number of ether oxygens (including phenoxy) is 1. The number of benzene rings is 1. The molecule has 3 nitrogen and oxygen atoms in total. The van der Waals surface area contributed by atoms with Crippen molar-refractivity contribution in [3.8, 4) is 11.4 Å². The second kappa shape index (κ2) is 20.1. The summed E-state index contributed by atoms with van der Waals surface area (Å²) >= 11 is 0. The number of aromatic nitrogens is 2. The Morgan fingerprint density at radius 3 is 1.85 bits per heavy atom. The van der Waals surface area contributed by atoms with E-state index >= 15 is 0 Å². The van der Waals surface area contributed by atoms with Gasteiger partial charge in [0.15, 0.2) is 6.73 Å². The fourth-order valence-corrected chi connectivity index (χ4v) is 4.41. The molecule has 0 unspecified atom stereocenters. The van der Waals surface area contributed by atoms with Crippen LogP contribution in [0.15, 0.2) is 42.7 Å². The molecule has 0 spiro atoms. The normalized spacial score (nSPS) is 11.0. The number of unbranched alkanes of at least 4 members (excludes halogenated alkanes) is 13. The SMILES string of the molecule is CCCCCCCCCCCCn1cc[n+](COCCCCCCC)c1-c1ccccc1.[Cl-]. The largest absolute Gasteiger partial charge is 1.00 e. The number of aryl methyl sites for hydroxylation is 1. The molecule has 0 bridgehead atoms. The summed E-state index contributed by atoms with van der Waals surface area (Å²) < 4.78 is 10.7. The van der Waals surface area contributed by atoms with Gasteiger partial charge < -0.3 is 17.1 Å². The van der Waals surface area contributed by atoms with E-state index in [1.807, 2.05) is 0 Å². The Labute approximate surface area is 210 Å². The first-order chi connectivity index (χ1) is 15.9. The molecule has 188 valence electrons. The summed E-state index contributed by atoms with van der Waals surface area (Å²) in [6, 6.07) is 10.8. The van der Waals surface area contributed by atoms with Crippen LogP contribution in [0, 0.1) is 0 Å². The van der Waals surface area contributed by atoms with Crippen LogP contribution in [0.3, 0.4) is 0 Å². The molecular formula is C29H49ClN2O. The summed E-state index contributed by atoms with van der Waals surface area (Å²) in [6.07, 6.45) is 24.6. The zero-order valence-electron chi connectivity index (χ0n) is 21.5. The third-order valence-corrected chi connectivity index (χ3v) is 6.38. The van der Waals surface area contributed by atoms with Gasteiger partial charge in [0.1, 0.15) is 12.4 Å². The Morgan fingerprint density at radius 1 is 0.697 bits per heavy atom. The quantitative estimate of drug-likeness (QED) is 0.187. The van der Waals surface area contributed by atoms with Gasteiger partial charge in [-0.15, -0.1) is 0 Å². The molecule has 0 fully saturated rings. The predicted molar refractivity (Wildman–Crippen MR) is 137 cm³/mol. The summed E-state index contributed by atoms with van der Waals surface area (Å²) in [6.45, 7) is 7.14. The molecule has 0 aliphatic carbocycles. The van der Waals surface area contributed by atoms with Crippen molar-refractivity contribution in [1.82, 2.24) is 4.57 Å². The van der Waals surface area contributed by atoms with Crippen LogP contribution in [0.4, 0.5) is 0 Å². The van der Waals surface area contributed by atoms with Crippen molar-refractivity contribution in [2.45, 2.75) is 123 Å². The highest BCUT2D eigenvalue weighted by molar-refractivity contribution is 5.52. The van der Waals surface area contributed by atoms with E-state index in [9.17, 15) is 0 Å². The molecule has 33 heavy (non-hydrogen) atoms. The molecule has 1 heterocycles. The van der Waals surface area contributed by atoms with Crippen molar-refractivity contribution >= 4 is 0 Å². The summed E-state index contributed by atoms with van der Waals surface area (Å²) in [4.78, 5) is 0. The maximum absolute atomic E-state index is 6.03. The van der Waals surface area contributed by atoms with Crippen LogP contribution in [0.25, 0.3) is 11.4 Å². The second-order valence-electron chi connectivity index (χ2n) is 9.28. The van der Waals surface area contributed by atoms with Gasteiger partial charge in [0, 0.05) is 0 Å². The average Bonchev–Trinajstić information content (AvgIpc) is 3.23. The fraction of sp³-hybridized carbons (Fsp3) is 0.690. The molecule has 0 aliphatic rings. The van der Waals surface area contributed by atoms with Crippen LogP contribution in [0.5, 0.6) is 0 Å². The lowest BCUT2D eigenvalue weighted by molar-refractivity contribution is -0.722. The molecule has 0 amide bonds. The summed E-state index contributed by atoms with van der Waals surface area (Å²) in [5.41, 5.74) is 1.27. The first-order valence-corrected chi connectivity index (χ1v) is 13.6. The minimum Gasteiger partial charge on any atom is -1.00 e. The van der Waals surface area contributed by atoms with Crippen molar-refractivity contribution in [1.29, 1.82) is 0 Å². The number of nitrogens with zero attached hydrogens (tertiary/aromatic N) is 2. The number of hydrogen-bond acceptors (Lipinski definition) is 1. The Bertz CT molecular complexity index is 686. The fourth-order valence-electron chi connectivity index (χ4n) is 4.41. The average molecular weight is 477 g/mol. The number of hydrogen-bond donors (Lipinski definition) is 0. The standard InChI is InChI=1S/C29H49N2O.ClH/c1-3-5-7-9-10-11-12-13-14-19-23-30-24-25-31(27-32-26-20-15-8-6-4-2)29(30)28-21-17-16-18-22-28;/h16-18,21-22,24-25H,3-15,19-20,23,26-27H2,1-2H3;1H/q+1;/p-1. The van der Waals surface area contributed by atoms with Gasteiger partial charge in [-0.05, 0) is 31.4 Å². The lowest BCUT2D eigenvalue weighted by Crippen LogP contribution is -3.00. The van der Waals surface area contributed by atoms with Gasteiger partial charge in [-0.1, -0.05) is 109 Å². The lowest BCUT2D eigenvalue weighted by atomic mass is 10.1. The molecule has 2 rings (SSSR count).